The van der Waals surface area contributed by atoms with Crippen LogP contribution in [0.3, 0.4) is 0 Å². The molecule has 232 valence electrons. The van der Waals surface area contributed by atoms with Crippen molar-refractivity contribution in [1.29, 1.82) is 0 Å². The zero-order valence-electron chi connectivity index (χ0n) is 25.3. The van der Waals surface area contributed by atoms with Gasteiger partial charge in [-0.3, -0.25) is 10.2 Å². The summed E-state index contributed by atoms with van der Waals surface area (Å²) in [6, 6.07) is 26.5. The number of piperidine rings is 1. The van der Waals surface area contributed by atoms with Crippen molar-refractivity contribution in [1.82, 2.24) is 25.0 Å². The van der Waals surface area contributed by atoms with Crippen LogP contribution < -0.4 is 11.3 Å². The molecule has 6 rings (SSSR count). The Kier molecular flexibility index (Phi) is 9.60. The Balaban J connectivity index is 1.12. The van der Waals surface area contributed by atoms with Gasteiger partial charge in [0, 0.05) is 37.9 Å². The van der Waals surface area contributed by atoms with E-state index in [0.717, 1.165) is 55.8 Å². The number of nitrogens with one attached hydrogen (secondary N) is 1. The molecule has 0 spiro atoms. The van der Waals surface area contributed by atoms with Gasteiger partial charge in [0.05, 0.1) is 29.4 Å². The molecule has 9 nitrogen and oxygen atoms in total. The number of nitrogens with zero attached hydrogens (tertiary/aromatic N) is 6. The number of halogens is 1. The van der Waals surface area contributed by atoms with Crippen LogP contribution in [-0.4, -0.2) is 70.3 Å². The van der Waals surface area contributed by atoms with Gasteiger partial charge in [-0.25, -0.2) is 9.07 Å². The Morgan fingerprint density at radius 1 is 0.933 bits per heavy atom. The van der Waals surface area contributed by atoms with Crippen molar-refractivity contribution in [3.05, 3.63) is 119 Å². The molecule has 3 N–H and O–H groups in total. The average Bonchev–Trinajstić information content (AvgIpc) is 3.76. The second-order valence-electron chi connectivity index (χ2n) is 11.7. The van der Waals surface area contributed by atoms with Crippen LogP contribution in [0.5, 0.6) is 0 Å². The zero-order valence-corrected chi connectivity index (χ0v) is 25.3. The van der Waals surface area contributed by atoms with Gasteiger partial charge in [-0.15, -0.1) is 0 Å². The van der Waals surface area contributed by atoms with E-state index in [1.54, 1.807) is 24.5 Å². The summed E-state index contributed by atoms with van der Waals surface area (Å²) in [5.74, 6) is 6.43. The van der Waals surface area contributed by atoms with Crippen molar-refractivity contribution in [3.8, 4) is 5.69 Å². The first kappa shape index (κ1) is 30.2. The zero-order chi connectivity index (χ0) is 31.0. The Hall–Kier alpha value is -4.83. The number of nitrogens with two attached hydrogens (primary N) is 1. The highest BCUT2D eigenvalue weighted by molar-refractivity contribution is 5.95. The van der Waals surface area contributed by atoms with Gasteiger partial charge in [-0.1, -0.05) is 60.7 Å². The smallest absolute Gasteiger partial charge is 0.257 e. The number of rotatable bonds is 9. The number of hydrogen-bond acceptors (Lipinski definition) is 6. The van der Waals surface area contributed by atoms with Gasteiger partial charge in [-0.2, -0.15) is 15.3 Å². The molecule has 0 radical (unpaired) electrons. The van der Waals surface area contributed by atoms with Crippen LogP contribution in [0, 0.1) is 5.82 Å². The number of likely N-dealkylation sites (tertiary alicyclic amines) is 2. The second kappa shape index (κ2) is 14.3. The van der Waals surface area contributed by atoms with Gasteiger partial charge in [-0.05, 0) is 67.7 Å². The average molecular weight is 607 g/mol. The minimum Gasteiger partial charge on any atom is -0.338 e. The second-order valence-corrected chi connectivity index (χ2v) is 11.7. The van der Waals surface area contributed by atoms with Crippen LogP contribution >= 0.6 is 0 Å². The van der Waals surface area contributed by atoms with Gasteiger partial charge in [0.2, 0.25) is 0 Å². The highest BCUT2D eigenvalue weighted by Crippen LogP contribution is 2.34. The van der Waals surface area contributed by atoms with E-state index >= 15 is 0 Å². The maximum atomic E-state index is 14.0. The highest BCUT2D eigenvalue weighted by Gasteiger charge is 2.34. The quantitative estimate of drug-likeness (QED) is 0.119. The maximum absolute atomic E-state index is 14.0. The fraction of sp³-hybridized carbons (Fsp3) is 0.314. The molecule has 0 aliphatic carbocycles. The number of carbonyl (C=O) groups is 1. The molecule has 2 fully saturated rings. The van der Waals surface area contributed by atoms with Crippen LogP contribution in [0.1, 0.15) is 64.7 Å². The lowest BCUT2D eigenvalue weighted by Gasteiger charge is -2.33. The first-order chi connectivity index (χ1) is 22.1. The van der Waals surface area contributed by atoms with Crippen LogP contribution in [-0.2, 0) is 0 Å². The van der Waals surface area contributed by atoms with E-state index in [1.807, 2.05) is 46.0 Å². The molecule has 3 aromatic carbocycles. The van der Waals surface area contributed by atoms with Crippen LogP contribution in [0.15, 0.2) is 101 Å². The van der Waals surface area contributed by atoms with Gasteiger partial charge in [0.1, 0.15) is 11.7 Å². The highest BCUT2D eigenvalue weighted by atomic mass is 19.1. The summed E-state index contributed by atoms with van der Waals surface area (Å²) in [7, 11) is 0. The number of hydrazone groups is 2. The third kappa shape index (κ3) is 7.29. The van der Waals surface area contributed by atoms with E-state index in [9.17, 15) is 9.18 Å². The van der Waals surface area contributed by atoms with E-state index in [2.05, 4.69) is 49.9 Å². The number of benzene rings is 3. The lowest BCUT2D eigenvalue weighted by molar-refractivity contribution is 0.0788. The summed E-state index contributed by atoms with van der Waals surface area (Å²) < 4.78 is 15.6. The molecule has 2 aliphatic heterocycles. The first-order valence-corrected chi connectivity index (χ1v) is 15.6. The Labute approximate surface area is 263 Å². The molecule has 2 saturated heterocycles. The van der Waals surface area contributed by atoms with Crippen molar-refractivity contribution in [2.75, 3.05) is 32.7 Å². The number of carbonyl (C=O) groups excluding carboxylic acids is 1. The third-order valence-electron chi connectivity index (χ3n) is 8.86. The third-order valence-corrected chi connectivity index (χ3v) is 8.86. The minimum atomic E-state index is -0.304. The molecule has 0 bridgehead atoms. The summed E-state index contributed by atoms with van der Waals surface area (Å²) in [4.78, 5) is 18.3. The molecule has 0 saturated carbocycles. The lowest BCUT2D eigenvalue weighted by Crippen LogP contribution is -2.37. The van der Waals surface area contributed by atoms with Crippen LogP contribution in [0.25, 0.3) is 5.69 Å². The molecule has 1 amide bonds. The first-order valence-electron chi connectivity index (χ1n) is 15.6. The van der Waals surface area contributed by atoms with Gasteiger partial charge in [0.15, 0.2) is 0 Å². The number of amidine groups is 1. The van der Waals surface area contributed by atoms with Crippen molar-refractivity contribution >= 4 is 18.0 Å². The van der Waals surface area contributed by atoms with E-state index in [4.69, 9.17) is 5.84 Å². The molecular weight excluding hydrogens is 567 g/mol. The summed E-state index contributed by atoms with van der Waals surface area (Å²) in [5, 5.41) is 12.8. The van der Waals surface area contributed by atoms with Crippen molar-refractivity contribution in [3.63, 3.8) is 0 Å². The Morgan fingerprint density at radius 2 is 1.62 bits per heavy atom. The molecule has 2 aliphatic rings. The number of hydrogen-bond donors (Lipinski definition) is 2. The topological polar surface area (TPSA) is 104 Å². The van der Waals surface area contributed by atoms with E-state index in [1.165, 1.54) is 17.7 Å². The summed E-state index contributed by atoms with van der Waals surface area (Å²) in [5.41, 5.74) is 7.53. The summed E-state index contributed by atoms with van der Waals surface area (Å²) >= 11 is 0. The standard InChI is InChI=1S/C35H39FN8O/c36-30-11-13-31(14-12-30)44-34(32(24-39-44)35(45)43-22-17-29(25-43)27-9-5-2-6-10-27)28-15-19-42(20-16-28)21-18-33(40-37)41-38-23-26-7-3-1-4-8-26/h1-14,23-24,28-29H,15-22,25,37H2,(H,40,41)/b38-23+. The predicted octanol–water partition coefficient (Wildman–Crippen LogP) is 5.11. The van der Waals surface area contributed by atoms with Crippen molar-refractivity contribution in [2.24, 2.45) is 16.0 Å². The number of aromatic nitrogens is 2. The monoisotopic (exact) mass is 606 g/mol. The fourth-order valence-electron chi connectivity index (χ4n) is 6.38. The molecule has 45 heavy (non-hydrogen) atoms. The Bertz CT molecular complexity index is 1610. The fourth-order valence-corrected chi connectivity index (χ4v) is 6.38. The predicted molar refractivity (Wildman–Crippen MR) is 175 cm³/mol. The van der Waals surface area contributed by atoms with Crippen molar-refractivity contribution < 1.29 is 9.18 Å². The molecule has 1 aromatic heterocycles. The van der Waals surface area contributed by atoms with Crippen molar-refractivity contribution in [2.45, 2.75) is 37.5 Å². The van der Waals surface area contributed by atoms with E-state index < -0.39 is 0 Å². The molecule has 3 heterocycles. The summed E-state index contributed by atoms with van der Waals surface area (Å²) in [6.45, 7) is 3.91. The normalized spacial score (nSPS) is 18.1. The SMILES string of the molecule is N/N=C(\CCN1CCC(c2c(C(=O)N3CCC(c4ccccc4)C3)cnn2-c2ccc(F)cc2)CC1)N/N=C/c1ccccc1. The Morgan fingerprint density at radius 3 is 2.33 bits per heavy atom. The molecular formula is C35H39FN8O. The van der Waals surface area contributed by atoms with Gasteiger partial charge >= 0.3 is 0 Å². The van der Waals surface area contributed by atoms with E-state index in [0.29, 0.717) is 36.8 Å². The van der Waals surface area contributed by atoms with Gasteiger partial charge in [0.25, 0.3) is 5.91 Å². The molecule has 1 unspecified atom stereocenters. The molecule has 4 aromatic rings. The summed E-state index contributed by atoms with van der Waals surface area (Å²) in [6.07, 6.45) is 6.76. The molecule has 10 heteroatoms. The van der Waals surface area contributed by atoms with Crippen LogP contribution in [0.2, 0.25) is 0 Å². The molecule has 1 atom stereocenters. The lowest BCUT2D eigenvalue weighted by atomic mass is 9.90. The minimum absolute atomic E-state index is 0.0187. The van der Waals surface area contributed by atoms with Crippen LogP contribution in [0.4, 0.5) is 4.39 Å². The van der Waals surface area contributed by atoms with Gasteiger partial charge < -0.3 is 15.6 Å². The largest absolute Gasteiger partial charge is 0.338 e. The maximum Gasteiger partial charge on any atom is 0.257 e. The van der Waals surface area contributed by atoms with E-state index in [-0.39, 0.29) is 17.6 Å². The number of amides is 1.